The number of ketones is 1. The number of carbonyl (C=O) groups excluding carboxylic acids is 1. The van der Waals surface area contributed by atoms with Crippen LogP contribution >= 0.6 is 0 Å². The molecule has 102 valence electrons. The predicted octanol–water partition coefficient (Wildman–Crippen LogP) is 4.65. The molecule has 1 fully saturated rings. The molecular formula is C18H24O. The Balaban J connectivity index is 1.80. The third kappa shape index (κ3) is 2.75. The molecule has 19 heavy (non-hydrogen) atoms. The van der Waals surface area contributed by atoms with E-state index >= 15 is 0 Å². The van der Waals surface area contributed by atoms with Crippen LogP contribution in [0.5, 0.6) is 0 Å². The van der Waals surface area contributed by atoms with E-state index in [-0.39, 0.29) is 5.92 Å². The van der Waals surface area contributed by atoms with Crippen molar-refractivity contribution >= 4 is 5.78 Å². The van der Waals surface area contributed by atoms with E-state index in [1.165, 1.54) is 43.2 Å². The van der Waals surface area contributed by atoms with Gasteiger partial charge in [-0.15, -0.1) is 0 Å². The summed E-state index contributed by atoms with van der Waals surface area (Å²) < 4.78 is 0. The second kappa shape index (κ2) is 5.90. The van der Waals surface area contributed by atoms with Crippen molar-refractivity contribution in [2.45, 2.75) is 63.7 Å². The minimum absolute atomic E-state index is 0.202. The van der Waals surface area contributed by atoms with E-state index in [9.17, 15) is 4.79 Å². The van der Waals surface area contributed by atoms with Crippen LogP contribution in [0, 0.1) is 5.92 Å². The van der Waals surface area contributed by atoms with Crippen LogP contribution in [0.4, 0.5) is 0 Å². The summed E-state index contributed by atoms with van der Waals surface area (Å²) in [5.41, 5.74) is 2.75. The third-order valence-electron chi connectivity index (χ3n) is 4.97. The van der Waals surface area contributed by atoms with Gasteiger partial charge in [-0.25, -0.2) is 0 Å². The summed E-state index contributed by atoms with van der Waals surface area (Å²) in [5.74, 6) is 1.10. The molecule has 1 aromatic carbocycles. The molecule has 0 spiro atoms. The van der Waals surface area contributed by atoms with Gasteiger partial charge in [0.05, 0.1) is 0 Å². The molecule has 0 saturated heterocycles. The topological polar surface area (TPSA) is 17.1 Å². The summed E-state index contributed by atoms with van der Waals surface area (Å²) in [6, 6.07) is 8.60. The fraction of sp³-hybridized carbons (Fsp3) is 0.611. The van der Waals surface area contributed by atoms with Gasteiger partial charge in [-0.05, 0) is 43.2 Å². The van der Waals surface area contributed by atoms with Crippen molar-refractivity contribution in [3.05, 3.63) is 35.4 Å². The Morgan fingerprint density at radius 2 is 1.63 bits per heavy atom. The zero-order valence-electron chi connectivity index (χ0n) is 11.7. The van der Waals surface area contributed by atoms with Crippen molar-refractivity contribution in [2.75, 3.05) is 0 Å². The summed E-state index contributed by atoms with van der Waals surface area (Å²) >= 11 is 0. The molecule has 3 rings (SSSR count). The lowest BCUT2D eigenvalue weighted by atomic mass is 9.76. The van der Waals surface area contributed by atoms with Gasteiger partial charge in [-0.1, -0.05) is 49.9 Å². The SMILES string of the molecule is O=C(C1CCCCCC1)C1CCCc2ccccc21. The average molecular weight is 256 g/mol. The maximum absolute atomic E-state index is 12.9. The Bertz CT molecular complexity index is 441. The van der Waals surface area contributed by atoms with Crippen LogP contribution in [0.1, 0.15) is 68.4 Å². The number of benzene rings is 1. The van der Waals surface area contributed by atoms with Gasteiger partial charge in [-0.3, -0.25) is 4.79 Å². The summed E-state index contributed by atoms with van der Waals surface area (Å²) in [4.78, 5) is 12.9. The van der Waals surface area contributed by atoms with E-state index in [1.807, 2.05) is 0 Å². The van der Waals surface area contributed by atoms with Gasteiger partial charge in [0, 0.05) is 11.8 Å². The Morgan fingerprint density at radius 1 is 0.895 bits per heavy atom. The van der Waals surface area contributed by atoms with Crippen molar-refractivity contribution < 1.29 is 4.79 Å². The van der Waals surface area contributed by atoms with Gasteiger partial charge in [0.2, 0.25) is 0 Å². The fourth-order valence-corrected chi connectivity index (χ4v) is 3.90. The molecule has 0 heterocycles. The van der Waals surface area contributed by atoms with Gasteiger partial charge < -0.3 is 0 Å². The van der Waals surface area contributed by atoms with E-state index in [4.69, 9.17) is 0 Å². The van der Waals surface area contributed by atoms with E-state index in [0.29, 0.717) is 11.7 Å². The van der Waals surface area contributed by atoms with Crippen LogP contribution in [-0.4, -0.2) is 5.78 Å². The molecular weight excluding hydrogens is 232 g/mol. The van der Waals surface area contributed by atoms with Gasteiger partial charge in [0.15, 0.2) is 0 Å². The zero-order chi connectivity index (χ0) is 13.1. The van der Waals surface area contributed by atoms with Gasteiger partial charge >= 0.3 is 0 Å². The number of hydrogen-bond acceptors (Lipinski definition) is 1. The lowest BCUT2D eigenvalue weighted by Crippen LogP contribution is -2.25. The number of aryl methyl sites for hydroxylation is 1. The molecule has 0 bridgehead atoms. The van der Waals surface area contributed by atoms with Crippen LogP contribution in [0.15, 0.2) is 24.3 Å². The largest absolute Gasteiger partial charge is 0.299 e. The Morgan fingerprint density at radius 3 is 2.42 bits per heavy atom. The monoisotopic (exact) mass is 256 g/mol. The maximum Gasteiger partial charge on any atom is 0.143 e. The van der Waals surface area contributed by atoms with Crippen molar-refractivity contribution in [3.8, 4) is 0 Å². The number of hydrogen-bond donors (Lipinski definition) is 0. The van der Waals surface area contributed by atoms with Crippen molar-refractivity contribution in [3.63, 3.8) is 0 Å². The summed E-state index contributed by atoms with van der Waals surface area (Å²) in [5, 5.41) is 0. The molecule has 1 atom stereocenters. The Hall–Kier alpha value is -1.11. The van der Waals surface area contributed by atoms with Crippen LogP contribution in [-0.2, 0) is 11.2 Å². The number of fused-ring (bicyclic) bond motifs is 1. The molecule has 0 N–H and O–H groups in total. The van der Waals surface area contributed by atoms with Gasteiger partial charge in [0.25, 0.3) is 0 Å². The number of Topliss-reactive ketones (excluding diaryl/α,β-unsaturated/α-hetero) is 1. The smallest absolute Gasteiger partial charge is 0.143 e. The molecule has 0 aliphatic heterocycles. The third-order valence-corrected chi connectivity index (χ3v) is 4.97. The van der Waals surface area contributed by atoms with E-state index in [1.54, 1.807) is 0 Å². The highest BCUT2D eigenvalue weighted by Gasteiger charge is 2.31. The highest BCUT2D eigenvalue weighted by Crippen LogP contribution is 2.36. The maximum atomic E-state index is 12.9. The lowest BCUT2D eigenvalue weighted by molar-refractivity contribution is -0.125. The molecule has 1 saturated carbocycles. The number of carbonyl (C=O) groups is 1. The molecule has 0 radical (unpaired) electrons. The first-order valence-corrected chi connectivity index (χ1v) is 7.98. The van der Waals surface area contributed by atoms with E-state index in [0.717, 1.165) is 25.7 Å². The van der Waals surface area contributed by atoms with Crippen molar-refractivity contribution in [1.82, 2.24) is 0 Å². The van der Waals surface area contributed by atoms with Crippen molar-refractivity contribution in [1.29, 1.82) is 0 Å². The van der Waals surface area contributed by atoms with Crippen LogP contribution in [0.25, 0.3) is 0 Å². The molecule has 1 heteroatoms. The molecule has 1 aromatic rings. The average Bonchev–Trinajstić information content (AvgIpc) is 2.75. The predicted molar refractivity (Wildman–Crippen MR) is 78.3 cm³/mol. The standard InChI is InChI=1S/C18H24O/c19-18(15-9-3-1-2-4-10-15)17-13-7-11-14-8-5-6-12-16(14)17/h5-6,8,12,15,17H,1-4,7,9-11,13H2. The first-order valence-electron chi connectivity index (χ1n) is 7.98. The van der Waals surface area contributed by atoms with E-state index < -0.39 is 0 Å². The highest BCUT2D eigenvalue weighted by molar-refractivity contribution is 5.88. The first-order chi connectivity index (χ1) is 9.36. The Labute approximate surface area is 116 Å². The fourth-order valence-electron chi connectivity index (χ4n) is 3.90. The second-order valence-electron chi connectivity index (χ2n) is 6.23. The first kappa shape index (κ1) is 12.9. The van der Waals surface area contributed by atoms with Crippen molar-refractivity contribution in [2.24, 2.45) is 5.92 Å². The highest BCUT2D eigenvalue weighted by atomic mass is 16.1. The summed E-state index contributed by atoms with van der Waals surface area (Å²) in [7, 11) is 0. The minimum Gasteiger partial charge on any atom is -0.299 e. The van der Waals surface area contributed by atoms with Gasteiger partial charge in [0.1, 0.15) is 5.78 Å². The Kier molecular flexibility index (Phi) is 4.00. The normalized spacial score (nSPS) is 24.5. The molecule has 1 unspecified atom stereocenters. The molecule has 2 aliphatic carbocycles. The minimum atomic E-state index is 0.202. The molecule has 1 nitrogen and oxygen atoms in total. The van der Waals surface area contributed by atoms with Crippen LogP contribution in [0.2, 0.25) is 0 Å². The zero-order valence-corrected chi connectivity index (χ0v) is 11.7. The quantitative estimate of drug-likeness (QED) is 0.704. The van der Waals surface area contributed by atoms with E-state index in [2.05, 4.69) is 24.3 Å². The van der Waals surface area contributed by atoms with Crippen LogP contribution in [0.3, 0.4) is 0 Å². The lowest BCUT2D eigenvalue weighted by Gasteiger charge is -2.27. The van der Waals surface area contributed by atoms with Crippen LogP contribution < -0.4 is 0 Å². The summed E-state index contributed by atoms with van der Waals surface area (Å²) in [6.07, 6.45) is 10.8. The summed E-state index contributed by atoms with van der Waals surface area (Å²) in [6.45, 7) is 0. The molecule has 2 aliphatic rings. The van der Waals surface area contributed by atoms with Gasteiger partial charge in [-0.2, -0.15) is 0 Å². The number of rotatable bonds is 2. The molecule has 0 amide bonds. The molecule has 0 aromatic heterocycles. The second-order valence-corrected chi connectivity index (χ2v) is 6.23.